The topological polar surface area (TPSA) is 55.6 Å². The minimum atomic E-state index is -0.136. The van der Waals surface area contributed by atoms with Crippen molar-refractivity contribution in [2.45, 2.75) is 44.7 Å². The van der Waals surface area contributed by atoms with Crippen molar-refractivity contribution in [1.82, 2.24) is 4.90 Å². The second-order valence-electron chi connectivity index (χ2n) is 4.23. The molecule has 4 nitrogen and oxygen atoms in total. The first-order chi connectivity index (χ1) is 7.19. The molecule has 2 atom stereocenters. The fraction of sp³-hybridized carbons (Fsp3) is 0.909. The fourth-order valence-electron chi connectivity index (χ4n) is 2.32. The molecule has 1 saturated heterocycles. The zero-order chi connectivity index (χ0) is 11.3. The van der Waals surface area contributed by atoms with Gasteiger partial charge in [-0.2, -0.15) is 0 Å². The third-order valence-corrected chi connectivity index (χ3v) is 3.27. The lowest BCUT2D eigenvalue weighted by molar-refractivity contribution is -0.141. The van der Waals surface area contributed by atoms with E-state index in [1.54, 1.807) is 0 Å². The van der Waals surface area contributed by atoms with Gasteiger partial charge >= 0.3 is 5.97 Å². The lowest BCUT2D eigenvalue weighted by Crippen LogP contribution is -2.49. The summed E-state index contributed by atoms with van der Waals surface area (Å²) in [7, 11) is 1.43. The van der Waals surface area contributed by atoms with Gasteiger partial charge in [-0.3, -0.25) is 9.69 Å². The zero-order valence-corrected chi connectivity index (χ0v) is 9.74. The van der Waals surface area contributed by atoms with Crippen LogP contribution in [0.5, 0.6) is 0 Å². The maximum atomic E-state index is 11.1. The van der Waals surface area contributed by atoms with Gasteiger partial charge in [0.25, 0.3) is 0 Å². The van der Waals surface area contributed by atoms with Crippen molar-refractivity contribution < 1.29 is 9.53 Å². The molecule has 1 aliphatic heterocycles. The van der Waals surface area contributed by atoms with Gasteiger partial charge in [-0.05, 0) is 19.8 Å². The molecular formula is C11H22N2O2. The molecule has 88 valence electrons. The Balaban J connectivity index is 2.43. The van der Waals surface area contributed by atoms with E-state index in [-0.39, 0.29) is 5.97 Å². The summed E-state index contributed by atoms with van der Waals surface area (Å²) in [4.78, 5) is 13.4. The number of carbonyl (C=O) groups excluding carboxylic acids is 1. The van der Waals surface area contributed by atoms with Gasteiger partial charge in [0, 0.05) is 25.2 Å². The molecule has 0 amide bonds. The lowest BCUT2D eigenvalue weighted by Gasteiger charge is -2.40. The molecule has 0 aromatic carbocycles. The Labute approximate surface area is 91.8 Å². The van der Waals surface area contributed by atoms with E-state index in [0.717, 1.165) is 13.0 Å². The third kappa shape index (κ3) is 3.47. The Hall–Kier alpha value is -0.610. The Morgan fingerprint density at radius 2 is 2.27 bits per heavy atom. The first-order valence-electron chi connectivity index (χ1n) is 5.71. The number of piperidine rings is 1. The van der Waals surface area contributed by atoms with E-state index in [0.29, 0.717) is 25.0 Å². The molecule has 1 fully saturated rings. The predicted octanol–water partition coefficient (Wildman–Crippen LogP) is 0.751. The van der Waals surface area contributed by atoms with Crippen LogP contribution < -0.4 is 5.73 Å². The SMILES string of the molecule is COC(=O)CCN1C(C)CCCC1CN. The van der Waals surface area contributed by atoms with Gasteiger partial charge in [0.15, 0.2) is 0 Å². The number of nitrogens with two attached hydrogens (primary N) is 1. The monoisotopic (exact) mass is 214 g/mol. The molecular weight excluding hydrogens is 192 g/mol. The van der Waals surface area contributed by atoms with Gasteiger partial charge in [0.1, 0.15) is 0 Å². The Morgan fingerprint density at radius 3 is 2.87 bits per heavy atom. The minimum Gasteiger partial charge on any atom is -0.469 e. The number of hydrogen-bond acceptors (Lipinski definition) is 4. The molecule has 15 heavy (non-hydrogen) atoms. The van der Waals surface area contributed by atoms with Crippen LogP contribution in [0.4, 0.5) is 0 Å². The highest BCUT2D eigenvalue weighted by molar-refractivity contribution is 5.69. The number of methoxy groups -OCH3 is 1. The number of nitrogens with zero attached hydrogens (tertiary/aromatic N) is 1. The van der Waals surface area contributed by atoms with Crippen LogP contribution in [0.1, 0.15) is 32.6 Å². The van der Waals surface area contributed by atoms with E-state index in [2.05, 4.69) is 16.6 Å². The summed E-state index contributed by atoms with van der Waals surface area (Å²) in [5.41, 5.74) is 5.74. The highest BCUT2D eigenvalue weighted by Gasteiger charge is 2.26. The summed E-state index contributed by atoms with van der Waals surface area (Å²) in [6.45, 7) is 3.67. The average Bonchev–Trinajstić information content (AvgIpc) is 2.26. The van der Waals surface area contributed by atoms with Gasteiger partial charge in [0.2, 0.25) is 0 Å². The first kappa shape index (κ1) is 12.5. The van der Waals surface area contributed by atoms with Crippen LogP contribution in [0, 0.1) is 0 Å². The third-order valence-electron chi connectivity index (χ3n) is 3.27. The highest BCUT2D eigenvalue weighted by Crippen LogP contribution is 2.22. The molecule has 1 heterocycles. The molecule has 4 heteroatoms. The van der Waals surface area contributed by atoms with Crippen molar-refractivity contribution in [3.63, 3.8) is 0 Å². The van der Waals surface area contributed by atoms with Gasteiger partial charge in [-0.25, -0.2) is 0 Å². The largest absolute Gasteiger partial charge is 0.469 e. The van der Waals surface area contributed by atoms with E-state index in [4.69, 9.17) is 5.73 Å². The second-order valence-corrected chi connectivity index (χ2v) is 4.23. The maximum absolute atomic E-state index is 11.1. The van der Waals surface area contributed by atoms with Crippen LogP contribution >= 0.6 is 0 Å². The van der Waals surface area contributed by atoms with Crippen molar-refractivity contribution in [2.24, 2.45) is 5.73 Å². The summed E-state index contributed by atoms with van der Waals surface area (Å²) in [5.74, 6) is -0.136. The molecule has 0 aromatic rings. The van der Waals surface area contributed by atoms with Gasteiger partial charge in [-0.15, -0.1) is 0 Å². The van der Waals surface area contributed by atoms with Crippen LogP contribution in [0.3, 0.4) is 0 Å². The number of carbonyl (C=O) groups is 1. The number of likely N-dealkylation sites (tertiary alicyclic amines) is 1. The van der Waals surface area contributed by atoms with E-state index < -0.39 is 0 Å². The Morgan fingerprint density at radius 1 is 1.53 bits per heavy atom. The molecule has 0 aromatic heterocycles. The van der Waals surface area contributed by atoms with E-state index >= 15 is 0 Å². The zero-order valence-electron chi connectivity index (χ0n) is 9.74. The number of esters is 1. The summed E-state index contributed by atoms with van der Waals surface area (Å²) >= 11 is 0. The van der Waals surface area contributed by atoms with Gasteiger partial charge < -0.3 is 10.5 Å². The normalized spacial score (nSPS) is 27.7. The molecule has 0 spiro atoms. The smallest absolute Gasteiger partial charge is 0.306 e. The van der Waals surface area contributed by atoms with Crippen molar-refractivity contribution in [3.05, 3.63) is 0 Å². The van der Waals surface area contributed by atoms with Crippen LogP contribution in [-0.2, 0) is 9.53 Å². The Bertz CT molecular complexity index is 209. The minimum absolute atomic E-state index is 0.136. The predicted molar refractivity (Wildman–Crippen MR) is 59.5 cm³/mol. The highest BCUT2D eigenvalue weighted by atomic mass is 16.5. The molecule has 0 aliphatic carbocycles. The quantitative estimate of drug-likeness (QED) is 0.702. The molecule has 2 unspecified atom stereocenters. The van der Waals surface area contributed by atoms with Crippen molar-refractivity contribution in [2.75, 3.05) is 20.2 Å². The van der Waals surface area contributed by atoms with E-state index in [1.807, 2.05) is 0 Å². The number of rotatable bonds is 4. The summed E-state index contributed by atoms with van der Waals surface area (Å²) < 4.78 is 4.65. The van der Waals surface area contributed by atoms with Crippen LogP contribution in [0.15, 0.2) is 0 Å². The van der Waals surface area contributed by atoms with Crippen molar-refractivity contribution >= 4 is 5.97 Å². The molecule has 1 rings (SSSR count). The number of ether oxygens (including phenoxy) is 1. The fourth-order valence-corrected chi connectivity index (χ4v) is 2.32. The summed E-state index contributed by atoms with van der Waals surface area (Å²) in [5, 5.41) is 0. The first-order valence-corrected chi connectivity index (χ1v) is 5.71. The molecule has 0 radical (unpaired) electrons. The molecule has 1 aliphatic rings. The lowest BCUT2D eigenvalue weighted by atomic mass is 9.96. The van der Waals surface area contributed by atoms with E-state index in [1.165, 1.54) is 20.0 Å². The van der Waals surface area contributed by atoms with Gasteiger partial charge in [-0.1, -0.05) is 6.42 Å². The maximum Gasteiger partial charge on any atom is 0.306 e. The standard InChI is InChI=1S/C11H22N2O2/c1-9-4-3-5-10(8-12)13(9)7-6-11(14)15-2/h9-10H,3-8,12H2,1-2H3. The summed E-state index contributed by atoms with van der Waals surface area (Å²) in [6, 6.07) is 0.982. The van der Waals surface area contributed by atoms with Gasteiger partial charge in [0.05, 0.1) is 13.5 Å². The van der Waals surface area contributed by atoms with Crippen LogP contribution in [0.2, 0.25) is 0 Å². The van der Waals surface area contributed by atoms with Crippen molar-refractivity contribution in [3.8, 4) is 0 Å². The van der Waals surface area contributed by atoms with Crippen molar-refractivity contribution in [1.29, 1.82) is 0 Å². The Kier molecular flexibility index (Phi) is 5.05. The molecule has 2 N–H and O–H groups in total. The molecule has 0 saturated carbocycles. The average molecular weight is 214 g/mol. The van der Waals surface area contributed by atoms with Crippen LogP contribution in [-0.4, -0.2) is 43.2 Å². The van der Waals surface area contributed by atoms with Crippen LogP contribution in [0.25, 0.3) is 0 Å². The molecule has 0 bridgehead atoms. The second kappa shape index (κ2) is 6.08. The summed E-state index contributed by atoms with van der Waals surface area (Å²) in [6.07, 6.45) is 4.08. The number of hydrogen-bond donors (Lipinski definition) is 1. The van der Waals surface area contributed by atoms with E-state index in [9.17, 15) is 4.79 Å².